The van der Waals surface area contributed by atoms with Crippen LogP contribution in [0.1, 0.15) is 12.5 Å². The van der Waals surface area contributed by atoms with Gasteiger partial charge < -0.3 is 15.6 Å². The molecule has 3 rings (SSSR count). The highest BCUT2D eigenvalue weighted by Crippen LogP contribution is 2.28. The number of fused-ring (bicyclic) bond motifs is 1. The average molecular weight is 258 g/mol. The fraction of sp³-hybridized carbons (Fsp3) is 0.467. The number of piperazine rings is 1. The predicted molar refractivity (Wildman–Crippen MR) is 80.2 cm³/mol. The van der Waals surface area contributed by atoms with Crippen LogP contribution < -0.4 is 11.1 Å². The molecular formula is C15H22N4. The van der Waals surface area contributed by atoms with Gasteiger partial charge in [0.2, 0.25) is 0 Å². The van der Waals surface area contributed by atoms with Crippen molar-refractivity contribution in [1.29, 1.82) is 0 Å². The Hall–Kier alpha value is -1.52. The number of anilines is 1. The number of nitrogens with one attached hydrogen (secondary N) is 1. The van der Waals surface area contributed by atoms with Gasteiger partial charge in [-0.05, 0) is 24.6 Å². The fourth-order valence-electron chi connectivity index (χ4n) is 2.96. The summed E-state index contributed by atoms with van der Waals surface area (Å²) < 4.78 is 2.29. The van der Waals surface area contributed by atoms with Crippen molar-refractivity contribution in [1.82, 2.24) is 14.8 Å². The van der Waals surface area contributed by atoms with Gasteiger partial charge in [0.05, 0.1) is 5.52 Å². The van der Waals surface area contributed by atoms with Gasteiger partial charge in [0.25, 0.3) is 0 Å². The number of hydrogen-bond donors (Lipinski definition) is 2. The van der Waals surface area contributed by atoms with Crippen LogP contribution in [0.25, 0.3) is 10.9 Å². The van der Waals surface area contributed by atoms with E-state index in [1.807, 2.05) is 12.1 Å². The molecule has 0 spiro atoms. The second kappa shape index (κ2) is 5.23. The highest BCUT2D eigenvalue weighted by molar-refractivity contribution is 5.94. The lowest BCUT2D eigenvalue weighted by atomic mass is 10.1. The van der Waals surface area contributed by atoms with Crippen LogP contribution in [0.15, 0.2) is 24.4 Å². The molecule has 1 aromatic heterocycles. The van der Waals surface area contributed by atoms with Crippen molar-refractivity contribution >= 4 is 16.6 Å². The largest absolute Gasteiger partial charge is 0.398 e. The summed E-state index contributed by atoms with van der Waals surface area (Å²) in [4.78, 5) is 2.50. The first-order valence-electron chi connectivity index (χ1n) is 7.09. The van der Waals surface area contributed by atoms with Gasteiger partial charge in [0, 0.05) is 56.5 Å². The smallest absolute Gasteiger partial charge is 0.0504 e. The van der Waals surface area contributed by atoms with Crippen LogP contribution in [-0.2, 0) is 13.1 Å². The highest BCUT2D eigenvalue weighted by Gasteiger charge is 2.15. The number of benzene rings is 1. The number of nitrogen functional groups attached to an aromatic ring is 1. The van der Waals surface area contributed by atoms with Crippen molar-refractivity contribution in [3.05, 3.63) is 30.0 Å². The zero-order chi connectivity index (χ0) is 13.2. The minimum atomic E-state index is 0.898. The van der Waals surface area contributed by atoms with Gasteiger partial charge in [-0.25, -0.2) is 0 Å². The van der Waals surface area contributed by atoms with Gasteiger partial charge in [-0.15, -0.1) is 0 Å². The Morgan fingerprint density at radius 3 is 2.79 bits per heavy atom. The molecule has 1 saturated heterocycles. The maximum Gasteiger partial charge on any atom is 0.0504 e. The molecule has 2 heterocycles. The fourth-order valence-corrected chi connectivity index (χ4v) is 2.96. The third kappa shape index (κ3) is 2.33. The Bertz CT molecular complexity index is 567. The van der Waals surface area contributed by atoms with Gasteiger partial charge >= 0.3 is 0 Å². The van der Waals surface area contributed by atoms with Crippen molar-refractivity contribution < 1.29 is 0 Å². The molecule has 0 saturated carbocycles. The maximum atomic E-state index is 6.19. The molecule has 4 nitrogen and oxygen atoms in total. The molecule has 0 radical (unpaired) electrons. The highest BCUT2D eigenvalue weighted by atomic mass is 15.2. The molecule has 0 amide bonds. The molecule has 102 valence electrons. The molecule has 1 aliphatic rings. The summed E-state index contributed by atoms with van der Waals surface area (Å²) in [5.74, 6) is 0. The molecule has 1 fully saturated rings. The van der Waals surface area contributed by atoms with Crippen molar-refractivity contribution in [2.75, 3.05) is 31.9 Å². The van der Waals surface area contributed by atoms with Gasteiger partial charge in [0.1, 0.15) is 0 Å². The van der Waals surface area contributed by atoms with E-state index in [2.05, 4.69) is 34.0 Å². The van der Waals surface area contributed by atoms with Crippen LogP contribution in [0.2, 0.25) is 0 Å². The molecule has 0 aliphatic carbocycles. The number of aromatic nitrogens is 1. The normalized spacial score (nSPS) is 17.1. The Morgan fingerprint density at radius 2 is 2.05 bits per heavy atom. The summed E-state index contributed by atoms with van der Waals surface area (Å²) in [6, 6.07) is 6.21. The van der Waals surface area contributed by atoms with E-state index in [0.29, 0.717) is 0 Å². The van der Waals surface area contributed by atoms with E-state index in [-0.39, 0.29) is 0 Å². The number of aryl methyl sites for hydroxylation is 1. The maximum absolute atomic E-state index is 6.19. The number of nitrogens with zero attached hydrogens (tertiary/aromatic N) is 2. The summed E-state index contributed by atoms with van der Waals surface area (Å²) in [7, 11) is 0. The molecule has 4 heteroatoms. The first-order valence-corrected chi connectivity index (χ1v) is 7.09. The SMILES string of the molecule is CCn1cc(CN2CCNCC2)c2c(N)cccc21. The number of rotatable bonds is 3. The number of nitrogens with two attached hydrogens (primary N) is 1. The van der Waals surface area contributed by atoms with Gasteiger partial charge in [0.15, 0.2) is 0 Å². The zero-order valence-electron chi connectivity index (χ0n) is 11.5. The molecule has 0 bridgehead atoms. The zero-order valence-corrected chi connectivity index (χ0v) is 11.5. The van der Waals surface area contributed by atoms with E-state index < -0.39 is 0 Å². The van der Waals surface area contributed by atoms with E-state index in [0.717, 1.165) is 45.0 Å². The van der Waals surface area contributed by atoms with Crippen LogP contribution in [0.5, 0.6) is 0 Å². The molecule has 0 atom stereocenters. The number of hydrogen-bond acceptors (Lipinski definition) is 3. The lowest BCUT2D eigenvalue weighted by molar-refractivity contribution is 0.234. The van der Waals surface area contributed by atoms with E-state index in [4.69, 9.17) is 5.73 Å². The lowest BCUT2D eigenvalue weighted by Crippen LogP contribution is -2.42. The molecule has 3 N–H and O–H groups in total. The summed E-state index contributed by atoms with van der Waals surface area (Å²) >= 11 is 0. The Morgan fingerprint density at radius 1 is 1.26 bits per heavy atom. The van der Waals surface area contributed by atoms with Gasteiger partial charge in [-0.2, -0.15) is 0 Å². The van der Waals surface area contributed by atoms with Crippen molar-refractivity contribution in [3.8, 4) is 0 Å². The van der Waals surface area contributed by atoms with Crippen LogP contribution in [-0.4, -0.2) is 35.6 Å². The molecule has 19 heavy (non-hydrogen) atoms. The first-order chi connectivity index (χ1) is 9.29. The quantitative estimate of drug-likeness (QED) is 0.823. The summed E-state index contributed by atoms with van der Waals surface area (Å²) in [6.07, 6.45) is 2.27. The third-order valence-corrected chi connectivity index (χ3v) is 3.96. The predicted octanol–water partition coefficient (Wildman–Crippen LogP) is 1.65. The van der Waals surface area contributed by atoms with Gasteiger partial charge in [-0.3, -0.25) is 4.90 Å². The van der Waals surface area contributed by atoms with Gasteiger partial charge in [-0.1, -0.05) is 6.07 Å². The van der Waals surface area contributed by atoms with Crippen LogP contribution in [0.4, 0.5) is 5.69 Å². The molecule has 2 aromatic rings. The van der Waals surface area contributed by atoms with E-state index in [9.17, 15) is 0 Å². The molecular weight excluding hydrogens is 236 g/mol. The van der Waals surface area contributed by atoms with E-state index >= 15 is 0 Å². The second-order valence-electron chi connectivity index (χ2n) is 5.21. The second-order valence-corrected chi connectivity index (χ2v) is 5.21. The van der Waals surface area contributed by atoms with E-state index in [1.54, 1.807) is 0 Å². The first kappa shape index (κ1) is 12.5. The van der Waals surface area contributed by atoms with Crippen LogP contribution in [0.3, 0.4) is 0 Å². The average Bonchev–Trinajstić information content (AvgIpc) is 2.79. The summed E-state index contributed by atoms with van der Waals surface area (Å²) in [5, 5.41) is 4.63. The van der Waals surface area contributed by atoms with Crippen molar-refractivity contribution in [3.63, 3.8) is 0 Å². The molecule has 1 aliphatic heterocycles. The van der Waals surface area contributed by atoms with E-state index in [1.165, 1.54) is 16.5 Å². The Kier molecular flexibility index (Phi) is 3.44. The Labute approximate surface area is 114 Å². The lowest BCUT2D eigenvalue weighted by Gasteiger charge is -2.27. The standard InChI is InChI=1S/C15H22N4/c1-2-19-11-12(10-18-8-6-17-7-9-18)15-13(16)4-3-5-14(15)19/h3-5,11,17H,2,6-10,16H2,1H3. The molecule has 0 unspecified atom stereocenters. The van der Waals surface area contributed by atoms with Crippen LogP contribution >= 0.6 is 0 Å². The third-order valence-electron chi connectivity index (χ3n) is 3.96. The summed E-state index contributed by atoms with van der Waals surface area (Å²) in [5.41, 5.74) is 9.70. The minimum absolute atomic E-state index is 0.898. The Balaban J connectivity index is 1.98. The molecule has 1 aromatic carbocycles. The monoisotopic (exact) mass is 258 g/mol. The van der Waals surface area contributed by atoms with Crippen molar-refractivity contribution in [2.45, 2.75) is 20.0 Å². The van der Waals surface area contributed by atoms with Crippen LogP contribution in [0, 0.1) is 0 Å². The topological polar surface area (TPSA) is 46.2 Å². The minimum Gasteiger partial charge on any atom is -0.398 e. The van der Waals surface area contributed by atoms with Crippen molar-refractivity contribution in [2.24, 2.45) is 0 Å². The summed E-state index contributed by atoms with van der Waals surface area (Å²) in [6.45, 7) is 8.57.